The Labute approximate surface area is 278 Å². The summed E-state index contributed by atoms with van der Waals surface area (Å²) >= 11 is 1.28. The lowest BCUT2D eigenvalue weighted by Crippen LogP contribution is -2.53. The largest absolute Gasteiger partial charge is 0.446 e. The Hall–Kier alpha value is -3.81. The number of carbonyl (C=O) groups is 4. The molecule has 14 heteroatoms. The molecule has 0 unspecified atom stereocenters. The predicted octanol–water partition coefficient (Wildman–Crippen LogP) is 3.56. The average molecular weight is 672 g/mol. The molecule has 4 bridgehead atoms. The summed E-state index contributed by atoms with van der Waals surface area (Å²) in [5.74, 6) is -1.46. The van der Waals surface area contributed by atoms with Crippen molar-refractivity contribution in [3.8, 4) is 0 Å². The normalized spacial score (nSPS) is 20.9. The van der Waals surface area contributed by atoms with Gasteiger partial charge in [0.1, 0.15) is 23.0 Å². The number of hydrogen-bond acceptors (Lipinski definition) is 9. The fourth-order valence-electron chi connectivity index (χ4n) is 5.84. The number of fused-ring (bicyclic) bond motifs is 4. The molecule has 1 aromatic carbocycles. The highest BCUT2D eigenvalue weighted by Crippen LogP contribution is 2.28. The summed E-state index contributed by atoms with van der Waals surface area (Å²) in [4.78, 5) is 63.9. The van der Waals surface area contributed by atoms with E-state index in [2.05, 4.69) is 25.9 Å². The third-order valence-corrected chi connectivity index (χ3v) is 9.33. The third kappa shape index (κ3) is 8.71. The van der Waals surface area contributed by atoms with E-state index in [9.17, 15) is 19.2 Å². The lowest BCUT2D eigenvalue weighted by atomic mass is 9.83. The van der Waals surface area contributed by atoms with Gasteiger partial charge in [-0.25, -0.2) is 9.97 Å². The number of nitrogens with zero attached hydrogens (tertiary/aromatic N) is 3. The smallest absolute Gasteiger partial charge is 0.273 e. The number of nitrogens with one attached hydrogen (secondary N) is 3. The van der Waals surface area contributed by atoms with Crippen LogP contribution in [0.1, 0.15) is 95.5 Å². The van der Waals surface area contributed by atoms with E-state index < -0.39 is 29.9 Å². The van der Waals surface area contributed by atoms with Crippen molar-refractivity contribution in [1.29, 1.82) is 0 Å². The van der Waals surface area contributed by atoms with Crippen LogP contribution in [0.5, 0.6) is 0 Å². The van der Waals surface area contributed by atoms with Crippen LogP contribution >= 0.6 is 23.7 Å². The third-order valence-electron chi connectivity index (χ3n) is 8.40. The number of oxazole rings is 1. The number of aromatic nitrogens is 2. The van der Waals surface area contributed by atoms with E-state index in [4.69, 9.17) is 10.2 Å². The molecule has 0 radical (unpaired) electrons. The van der Waals surface area contributed by atoms with E-state index in [1.807, 2.05) is 44.2 Å². The predicted molar refractivity (Wildman–Crippen MR) is 175 cm³/mol. The molecule has 1 aliphatic carbocycles. The fraction of sp³-hybridized carbons (Fsp3) is 0.500. The maximum Gasteiger partial charge on any atom is 0.273 e. The number of carbonyl (C=O) groups excluding carboxylic acids is 4. The van der Waals surface area contributed by atoms with Gasteiger partial charge in [0.15, 0.2) is 5.69 Å². The molecular weight excluding hydrogens is 630 g/mol. The Kier molecular flexibility index (Phi) is 12.3. The average Bonchev–Trinajstić information content (AvgIpc) is 3.74. The van der Waals surface area contributed by atoms with E-state index in [1.54, 1.807) is 5.38 Å². The zero-order valence-electron chi connectivity index (χ0n) is 26.1. The Bertz CT molecular complexity index is 1490. The first-order valence-corrected chi connectivity index (χ1v) is 16.4. The molecule has 1 fully saturated rings. The van der Waals surface area contributed by atoms with Crippen molar-refractivity contribution in [2.24, 2.45) is 17.6 Å². The second-order valence-corrected chi connectivity index (χ2v) is 13.0. The summed E-state index contributed by atoms with van der Waals surface area (Å²) < 4.78 is 5.70. The van der Waals surface area contributed by atoms with Gasteiger partial charge in [-0.3, -0.25) is 19.2 Å². The molecule has 12 nitrogen and oxygen atoms in total. The molecule has 3 atom stereocenters. The molecule has 3 aromatic rings. The molecule has 0 saturated heterocycles. The summed E-state index contributed by atoms with van der Waals surface area (Å²) in [6.07, 6.45) is 6.54. The second kappa shape index (κ2) is 16.1. The van der Waals surface area contributed by atoms with Crippen LogP contribution < -0.4 is 21.7 Å². The number of nitrogens with two attached hydrogens (primary N) is 1. The van der Waals surface area contributed by atoms with Crippen molar-refractivity contribution in [2.75, 3.05) is 19.6 Å². The second-order valence-electron chi connectivity index (χ2n) is 12.1. The van der Waals surface area contributed by atoms with Crippen LogP contribution in [-0.2, 0) is 16.0 Å². The molecule has 2 aromatic heterocycles. The van der Waals surface area contributed by atoms with Crippen molar-refractivity contribution in [3.05, 3.63) is 69.8 Å². The Morgan fingerprint density at radius 2 is 1.78 bits per heavy atom. The Morgan fingerprint density at radius 1 is 1.04 bits per heavy atom. The first-order valence-electron chi connectivity index (χ1n) is 15.6. The highest BCUT2D eigenvalue weighted by atomic mass is 35.5. The van der Waals surface area contributed by atoms with Crippen LogP contribution in [0.15, 0.2) is 46.4 Å². The topological polar surface area (TPSA) is 173 Å². The van der Waals surface area contributed by atoms with E-state index in [0.29, 0.717) is 11.4 Å². The Morgan fingerprint density at radius 3 is 2.50 bits per heavy atom. The van der Waals surface area contributed by atoms with E-state index >= 15 is 0 Å². The van der Waals surface area contributed by atoms with E-state index in [1.165, 1.54) is 22.5 Å². The summed E-state index contributed by atoms with van der Waals surface area (Å²) in [6, 6.07) is 7.66. The Balaban J connectivity index is 0.00000480. The summed E-state index contributed by atoms with van der Waals surface area (Å²) in [6.45, 7) is 3.83. The van der Waals surface area contributed by atoms with Gasteiger partial charge in [-0.2, -0.15) is 0 Å². The lowest BCUT2D eigenvalue weighted by molar-refractivity contribution is -0.138. The van der Waals surface area contributed by atoms with Crippen LogP contribution in [-0.4, -0.2) is 64.2 Å². The minimum absolute atomic E-state index is 0. The number of benzene rings is 1. The number of thiazole rings is 1. The van der Waals surface area contributed by atoms with Crippen LogP contribution in [0.2, 0.25) is 0 Å². The number of amides is 4. The highest BCUT2D eigenvalue weighted by molar-refractivity contribution is 7.09. The highest BCUT2D eigenvalue weighted by Gasteiger charge is 2.32. The van der Waals surface area contributed by atoms with Gasteiger partial charge in [0, 0.05) is 24.9 Å². The van der Waals surface area contributed by atoms with Gasteiger partial charge >= 0.3 is 0 Å². The molecule has 1 aliphatic heterocycles. The van der Waals surface area contributed by atoms with Crippen molar-refractivity contribution < 1.29 is 23.6 Å². The SMILES string of the molecule is CC(C)[C@@H]1NC(=O)CN(C(=O)[C@@H](N)C2CCCCC2)CCNC(=O)c2coc(n2)[C@H](Cc2ccccc2)NC(=O)c2csc1n2.Cl. The standard InChI is InChI=1S/C32H41N7O5S.ClH/c1-19(2)27-31-37-24(18-45-31)29(42)35-22(15-20-9-5-3-6-10-20)30-36-23(17-44-30)28(41)34-13-14-39(16-25(40)38-27)32(43)26(33)21-11-7-4-8-12-21;/h3,5-6,9-10,17-19,21-22,26-27H,4,7-8,11-16,33H2,1-2H3,(H,34,41)(H,35,42)(H,38,40);1H/t22-,26-,27-;/m0./s1. The minimum atomic E-state index is -0.729. The fourth-order valence-corrected chi connectivity index (χ4v) is 6.86. The molecule has 5 rings (SSSR count). The quantitative estimate of drug-likeness (QED) is 0.319. The molecule has 46 heavy (non-hydrogen) atoms. The van der Waals surface area contributed by atoms with Crippen LogP contribution in [0.3, 0.4) is 0 Å². The zero-order valence-corrected chi connectivity index (χ0v) is 27.7. The van der Waals surface area contributed by atoms with Gasteiger partial charge in [0.2, 0.25) is 17.7 Å². The van der Waals surface area contributed by atoms with Crippen molar-refractivity contribution in [1.82, 2.24) is 30.8 Å². The summed E-state index contributed by atoms with van der Waals surface area (Å²) in [7, 11) is 0. The zero-order chi connectivity index (χ0) is 31.9. The van der Waals surface area contributed by atoms with E-state index in [-0.39, 0.29) is 73.0 Å². The van der Waals surface area contributed by atoms with Crippen molar-refractivity contribution in [3.63, 3.8) is 0 Å². The van der Waals surface area contributed by atoms with Gasteiger partial charge in [-0.05, 0) is 30.2 Å². The molecule has 2 aliphatic rings. The number of halogens is 1. The van der Waals surface area contributed by atoms with Gasteiger partial charge < -0.3 is 31.0 Å². The molecule has 1 saturated carbocycles. The monoisotopic (exact) mass is 671 g/mol. The molecule has 248 valence electrons. The number of hydrogen-bond donors (Lipinski definition) is 4. The molecular formula is C32H42ClN7O5S. The van der Waals surface area contributed by atoms with Gasteiger partial charge in [-0.15, -0.1) is 23.7 Å². The van der Waals surface area contributed by atoms with Crippen molar-refractivity contribution in [2.45, 2.75) is 70.5 Å². The summed E-state index contributed by atoms with van der Waals surface area (Å²) in [5.41, 5.74) is 7.62. The van der Waals surface area contributed by atoms with Crippen molar-refractivity contribution >= 4 is 47.4 Å². The molecule has 3 heterocycles. The first-order chi connectivity index (χ1) is 21.7. The first kappa shape index (κ1) is 35.1. The minimum Gasteiger partial charge on any atom is -0.446 e. The number of rotatable bonds is 5. The molecule has 4 amide bonds. The van der Waals surface area contributed by atoms with Gasteiger partial charge in [-0.1, -0.05) is 63.4 Å². The maximum absolute atomic E-state index is 13.6. The van der Waals surface area contributed by atoms with Crippen LogP contribution in [0, 0.1) is 11.8 Å². The van der Waals surface area contributed by atoms with E-state index in [0.717, 1.165) is 37.7 Å². The van der Waals surface area contributed by atoms with Crippen LogP contribution in [0.25, 0.3) is 0 Å². The maximum atomic E-state index is 13.6. The van der Waals surface area contributed by atoms with Gasteiger partial charge in [0.25, 0.3) is 11.8 Å². The molecule has 0 spiro atoms. The molecule has 5 N–H and O–H groups in total. The lowest BCUT2D eigenvalue weighted by Gasteiger charge is -2.32. The van der Waals surface area contributed by atoms with Crippen LogP contribution in [0.4, 0.5) is 0 Å². The summed E-state index contributed by atoms with van der Waals surface area (Å²) in [5, 5.41) is 11.0. The van der Waals surface area contributed by atoms with Gasteiger partial charge in [0.05, 0.1) is 18.6 Å².